The first kappa shape index (κ1) is 13.4. The van der Waals surface area contributed by atoms with E-state index >= 15 is 0 Å². The summed E-state index contributed by atoms with van der Waals surface area (Å²) in [6.07, 6.45) is -0.379. The number of amides is 1. The van der Waals surface area contributed by atoms with E-state index in [9.17, 15) is 9.59 Å². The van der Waals surface area contributed by atoms with E-state index in [2.05, 4.69) is 5.32 Å². The molecule has 4 nitrogen and oxygen atoms in total. The van der Waals surface area contributed by atoms with E-state index in [4.69, 9.17) is 4.74 Å². The summed E-state index contributed by atoms with van der Waals surface area (Å²) in [4.78, 5) is 23.8. The number of carbonyl (C=O) groups excluding carboxylic acids is 2. The molecule has 3 rings (SSSR count). The normalized spacial score (nSPS) is 16.2. The number of esters is 1. The number of hydrogen-bond acceptors (Lipinski definition) is 3. The molecule has 0 fully saturated rings. The Morgan fingerprint density at radius 2 is 1.86 bits per heavy atom. The minimum atomic E-state index is -0.501. The summed E-state index contributed by atoms with van der Waals surface area (Å²) in [6.45, 7) is 1.99. The van der Waals surface area contributed by atoms with Gasteiger partial charge in [-0.05, 0) is 25.1 Å². The van der Waals surface area contributed by atoms with Gasteiger partial charge in [-0.3, -0.25) is 4.79 Å². The molecule has 0 radical (unpaired) electrons. The van der Waals surface area contributed by atoms with Crippen LogP contribution in [0.25, 0.3) is 0 Å². The molecule has 1 aliphatic heterocycles. The van der Waals surface area contributed by atoms with E-state index in [0.29, 0.717) is 5.56 Å². The molecule has 1 heterocycles. The van der Waals surface area contributed by atoms with E-state index in [-0.39, 0.29) is 18.3 Å². The molecule has 0 saturated carbocycles. The van der Waals surface area contributed by atoms with Gasteiger partial charge < -0.3 is 10.1 Å². The Bertz CT molecular complexity index is 691. The third-order valence-electron chi connectivity index (χ3n) is 3.48. The Morgan fingerprint density at radius 3 is 2.62 bits per heavy atom. The van der Waals surface area contributed by atoms with Crippen molar-refractivity contribution in [3.63, 3.8) is 0 Å². The minimum Gasteiger partial charge on any atom is -0.453 e. The van der Waals surface area contributed by atoms with Gasteiger partial charge in [0.15, 0.2) is 0 Å². The number of cyclic esters (lactones) is 1. The van der Waals surface area contributed by atoms with Crippen molar-refractivity contribution in [2.75, 3.05) is 5.32 Å². The topological polar surface area (TPSA) is 55.4 Å². The molecule has 1 atom stereocenters. The Balaban J connectivity index is 1.69. The van der Waals surface area contributed by atoms with Crippen molar-refractivity contribution < 1.29 is 14.3 Å². The lowest BCUT2D eigenvalue weighted by atomic mass is 10.0. The summed E-state index contributed by atoms with van der Waals surface area (Å²) in [5.41, 5.74) is 3.20. The van der Waals surface area contributed by atoms with E-state index in [0.717, 1.165) is 16.8 Å². The SMILES string of the molecule is Cc1ccc(NC(=O)C[C@@H]2OC(=O)c3ccccc32)cc1. The maximum Gasteiger partial charge on any atom is 0.339 e. The molecular weight excluding hydrogens is 266 g/mol. The van der Waals surface area contributed by atoms with Crippen molar-refractivity contribution in [2.24, 2.45) is 0 Å². The number of benzene rings is 2. The van der Waals surface area contributed by atoms with Gasteiger partial charge in [0.05, 0.1) is 12.0 Å². The van der Waals surface area contributed by atoms with Gasteiger partial charge in [0, 0.05) is 11.3 Å². The lowest BCUT2D eigenvalue weighted by Gasteiger charge is -2.11. The van der Waals surface area contributed by atoms with Gasteiger partial charge >= 0.3 is 5.97 Å². The summed E-state index contributed by atoms with van der Waals surface area (Å²) in [5, 5.41) is 2.81. The third-order valence-corrected chi connectivity index (χ3v) is 3.48. The summed E-state index contributed by atoms with van der Waals surface area (Å²) in [7, 11) is 0. The van der Waals surface area contributed by atoms with Crippen molar-refractivity contribution in [3.05, 3.63) is 65.2 Å². The highest BCUT2D eigenvalue weighted by Crippen LogP contribution is 2.32. The van der Waals surface area contributed by atoms with Crippen LogP contribution in [0.15, 0.2) is 48.5 Å². The minimum absolute atomic E-state index is 0.122. The molecule has 1 aliphatic rings. The van der Waals surface area contributed by atoms with Gasteiger partial charge in [-0.1, -0.05) is 35.9 Å². The van der Waals surface area contributed by atoms with Crippen LogP contribution >= 0.6 is 0 Å². The molecule has 106 valence electrons. The molecule has 1 amide bonds. The molecular formula is C17H15NO3. The molecule has 1 N–H and O–H groups in total. The quantitative estimate of drug-likeness (QED) is 0.879. The summed E-state index contributed by atoms with van der Waals surface area (Å²) in [5.74, 6) is -0.535. The first-order valence-corrected chi connectivity index (χ1v) is 6.80. The van der Waals surface area contributed by atoms with Crippen molar-refractivity contribution in [3.8, 4) is 0 Å². The molecule has 0 unspecified atom stereocenters. The zero-order valence-corrected chi connectivity index (χ0v) is 11.6. The predicted octanol–water partition coefficient (Wildman–Crippen LogP) is 3.24. The second-order valence-electron chi connectivity index (χ2n) is 5.10. The molecule has 4 heteroatoms. The van der Waals surface area contributed by atoms with Crippen LogP contribution in [0.1, 0.15) is 34.0 Å². The molecule has 0 bridgehead atoms. The second kappa shape index (κ2) is 5.40. The molecule has 0 saturated heterocycles. The van der Waals surface area contributed by atoms with Gasteiger partial charge in [0.1, 0.15) is 6.10 Å². The average Bonchev–Trinajstić information content (AvgIpc) is 2.78. The smallest absolute Gasteiger partial charge is 0.339 e. The highest BCUT2D eigenvalue weighted by molar-refractivity contribution is 5.96. The molecule has 2 aromatic rings. The predicted molar refractivity (Wildman–Crippen MR) is 79.0 cm³/mol. The van der Waals surface area contributed by atoms with Crippen LogP contribution in [0.2, 0.25) is 0 Å². The summed E-state index contributed by atoms with van der Waals surface area (Å²) < 4.78 is 5.26. The van der Waals surface area contributed by atoms with E-state index < -0.39 is 6.10 Å². The van der Waals surface area contributed by atoms with Crippen LogP contribution in [0, 0.1) is 6.92 Å². The number of hydrogen-bond donors (Lipinski definition) is 1. The summed E-state index contributed by atoms with van der Waals surface area (Å²) in [6, 6.07) is 14.7. The van der Waals surface area contributed by atoms with E-state index in [1.54, 1.807) is 12.1 Å². The molecule has 0 aliphatic carbocycles. The Hall–Kier alpha value is -2.62. The van der Waals surface area contributed by atoms with Crippen molar-refractivity contribution in [2.45, 2.75) is 19.4 Å². The monoisotopic (exact) mass is 281 g/mol. The number of ether oxygens (including phenoxy) is 1. The number of aryl methyl sites for hydroxylation is 1. The van der Waals surface area contributed by atoms with Gasteiger partial charge in [-0.25, -0.2) is 4.79 Å². The number of carbonyl (C=O) groups is 2. The van der Waals surface area contributed by atoms with Crippen LogP contribution in [0.5, 0.6) is 0 Å². The van der Waals surface area contributed by atoms with Crippen LogP contribution in [0.4, 0.5) is 5.69 Å². The van der Waals surface area contributed by atoms with Crippen LogP contribution in [-0.4, -0.2) is 11.9 Å². The Labute approximate surface area is 122 Å². The van der Waals surface area contributed by atoms with Crippen LogP contribution in [-0.2, 0) is 9.53 Å². The Kier molecular flexibility index (Phi) is 3.44. The van der Waals surface area contributed by atoms with Gasteiger partial charge in [0.25, 0.3) is 0 Å². The van der Waals surface area contributed by atoms with E-state index in [1.807, 2.05) is 43.3 Å². The third kappa shape index (κ3) is 2.79. The number of nitrogens with one attached hydrogen (secondary N) is 1. The van der Waals surface area contributed by atoms with Gasteiger partial charge in [0.2, 0.25) is 5.91 Å². The lowest BCUT2D eigenvalue weighted by molar-refractivity contribution is -0.118. The fourth-order valence-electron chi connectivity index (χ4n) is 2.39. The maximum absolute atomic E-state index is 12.1. The first-order valence-electron chi connectivity index (χ1n) is 6.80. The molecule has 0 aromatic heterocycles. The fraction of sp³-hybridized carbons (Fsp3) is 0.176. The zero-order chi connectivity index (χ0) is 14.8. The number of fused-ring (bicyclic) bond motifs is 1. The van der Waals surface area contributed by atoms with Crippen molar-refractivity contribution in [1.29, 1.82) is 0 Å². The fourth-order valence-corrected chi connectivity index (χ4v) is 2.39. The second-order valence-corrected chi connectivity index (χ2v) is 5.10. The molecule has 2 aromatic carbocycles. The highest BCUT2D eigenvalue weighted by atomic mass is 16.5. The van der Waals surface area contributed by atoms with Gasteiger partial charge in [-0.2, -0.15) is 0 Å². The van der Waals surface area contributed by atoms with Crippen molar-refractivity contribution >= 4 is 17.6 Å². The summed E-state index contributed by atoms with van der Waals surface area (Å²) >= 11 is 0. The standard InChI is InChI=1S/C17H15NO3/c1-11-6-8-12(9-7-11)18-16(19)10-15-13-4-2-3-5-14(13)17(20)21-15/h2-9,15H,10H2,1H3,(H,18,19)/t15-/m0/s1. The van der Waals surface area contributed by atoms with Crippen molar-refractivity contribution in [1.82, 2.24) is 0 Å². The Morgan fingerprint density at radius 1 is 1.14 bits per heavy atom. The molecule has 21 heavy (non-hydrogen) atoms. The largest absolute Gasteiger partial charge is 0.453 e. The van der Waals surface area contributed by atoms with Crippen LogP contribution in [0.3, 0.4) is 0 Å². The lowest BCUT2D eigenvalue weighted by Crippen LogP contribution is -2.15. The average molecular weight is 281 g/mol. The molecule has 0 spiro atoms. The van der Waals surface area contributed by atoms with Crippen LogP contribution < -0.4 is 5.32 Å². The highest BCUT2D eigenvalue weighted by Gasteiger charge is 2.31. The number of anilines is 1. The van der Waals surface area contributed by atoms with Gasteiger partial charge in [-0.15, -0.1) is 0 Å². The number of rotatable bonds is 3. The zero-order valence-electron chi connectivity index (χ0n) is 11.6. The first-order chi connectivity index (χ1) is 10.1. The maximum atomic E-state index is 12.1. The van der Waals surface area contributed by atoms with E-state index in [1.165, 1.54) is 0 Å².